The average molecular weight is 392 g/mol. The number of halogens is 1. The van der Waals surface area contributed by atoms with Gasteiger partial charge in [-0.2, -0.15) is 5.10 Å². The molecule has 2 rings (SSSR count). The van der Waals surface area contributed by atoms with Crippen molar-refractivity contribution in [1.82, 2.24) is 5.43 Å². The Morgan fingerprint density at radius 2 is 1.88 bits per heavy atom. The van der Waals surface area contributed by atoms with Crippen LogP contribution in [-0.4, -0.2) is 30.2 Å². The summed E-state index contributed by atoms with van der Waals surface area (Å²) >= 11 is 3.27. The molecular formula is C16H14BrN3O4. The number of nitrogens with zero attached hydrogens (tertiary/aromatic N) is 1. The molecule has 124 valence electrons. The number of rotatable bonds is 4. The molecule has 0 atom stereocenters. The number of anilines is 1. The van der Waals surface area contributed by atoms with E-state index in [2.05, 4.69) is 31.8 Å². The Kier molecular flexibility index (Phi) is 5.91. The molecule has 0 aromatic heterocycles. The largest absolute Gasteiger partial charge is 0.507 e. The molecule has 0 fully saturated rings. The van der Waals surface area contributed by atoms with Crippen molar-refractivity contribution >= 4 is 39.6 Å². The molecule has 7 nitrogen and oxygen atoms in total. The van der Waals surface area contributed by atoms with Gasteiger partial charge in [0.05, 0.1) is 13.3 Å². The molecule has 0 radical (unpaired) electrons. The second kappa shape index (κ2) is 8.11. The van der Waals surface area contributed by atoms with Crippen LogP contribution in [0.15, 0.2) is 52.0 Å². The molecule has 3 N–H and O–H groups in total. The van der Waals surface area contributed by atoms with Gasteiger partial charge in [-0.05, 0) is 42.5 Å². The lowest BCUT2D eigenvalue weighted by Gasteiger charge is -2.04. The van der Waals surface area contributed by atoms with E-state index < -0.39 is 11.8 Å². The van der Waals surface area contributed by atoms with E-state index in [0.717, 1.165) is 4.47 Å². The van der Waals surface area contributed by atoms with Gasteiger partial charge < -0.3 is 15.2 Å². The number of hydrazone groups is 1. The van der Waals surface area contributed by atoms with Gasteiger partial charge in [0.15, 0.2) is 0 Å². The van der Waals surface area contributed by atoms with Crippen LogP contribution in [0.1, 0.15) is 5.56 Å². The Morgan fingerprint density at radius 3 is 2.54 bits per heavy atom. The normalized spacial score (nSPS) is 10.4. The van der Waals surface area contributed by atoms with Crippen LogP contribution in [0.4, 0.5) is 5.69 Å². The summed E-state index contributed by atoms with van der Waals surface area (Å²) in [7, 11) is 1.49. The summed E-state index contributed by atoms with van der Waals surface area (Å²) in [5.74, 6) is -1.30. The second-order valence-electron chi connectivity index (χ2n) is 4.58. The summed E-state index contributed by atoms with van der Waals surface area (Å²) in [6, 6.07) is 11.3. The number of phenolic OH excluding ortho intramolecular Hbond substituents is 1. The van der Waals surface area contributed by atoms with Crippen molar-refractivity contribution in [3.05, 3.63) is 52.5 Å². The SMILES string of the molecule is COc1ccc(O)c(/C=N/NC(=O)C(=O)Nc2ccc(Br)cc2)c1. The Balaban J connectivity index is 1.94. The fourth-order valence-electron chi connectivity index (χ4n) is 1.70. The number of hydrogen-bond donors (Lipinski definition) is 3. The first-order valence-corrected chi connectivity index (χ1v) is 7.56. The zero-order valence-corrected chi connectivity index (χ0v) is 14.2. The minimum atomic E-state index is -0.934. The van der Waals surface area contributed by atoms with Crippen LogP contribution in [0.5, 0.6) is 11.5 Å². The average Bonchev–Trinajstić information content (AvgIpc) is 2.58. The van der Waals surface area contributed by atoms with Crippen molar-refractivity contribution in [1.29, 1.82) is 0 Å². The van der Waals surface area contributed by atoms with Crippen molar-refractivity contribution in [2.45, 2.75) is 0 Å². The van der Waals surface area contributed by atoms with Gasteiger partial charge in [0.1, 0.15) is 11.5 Å². The first-order chi connectivity index (χ1) is 11.5. The monoisotopic (exact) mass is 391 g/mol. The molecule has 0 saturated heterocycles. The molecule has 0 saturated carbocycles. The Morgan fingerprint density at radius 1 is 1.17 bits per heavy atom. The van der Waals surface area contributed by atoms with E-state index in [4.69, 9.17) is 4.74 Å². The molecule has 8 heteroatoms. The van der Waals surface area contributed by atoms with E-state index in [1.807, 2.05) is 0 Å². The number of carbonyl (C=O) groups is 2. The number of nitrogens with one attached hydrogen (secondary N) is 2. The highest BCUT2D eigenvalue weighted by atomic mass is 79.9. The smallest absolute Gasteiger partial charge is 0.329 e. The maximum absolute atomic E-state index is 11.7. The van der Waals surface area contributed by atoms with Crippen molar-refractivity contribution in [2.24, 2.45) is 5.10 Å². The zero-order chi connectivity index (χ0) is 17.5. The summed E-state index contributed by atoms with van der Waals surface area (Å²) in [4.78, 5) is 23.4. The van der Waals surface area contributed by atoms with E-state index >= 15 is 0 Å². The van der Waals surface area contributed by atoms with Crippen molar-refractivity contribution in [3.63, 3.8) is 0 Å². The van der Waals surface area contributed by atoms with Crippen molar-refractivity contribution in [2.75, 3.05) is 12.4 Å². The topological polar surface area (TPSA) is 100 Å². The van der Waals surface area contributed by atoms with Gasteiger partial charge in [0.2, 0.25) is 0 Å². The molecule has 0 spiro atoms. The second-order valence-corrected chi connectivity index (χ2v) is 5.50. The van der Waals surface area contributed by atoms with Gasteiger partial charge in [0.25, 0.3) is 0 Å². The predicted octanol–water partition coefficient (Wildman–Crippen LogP) is 2.25. The highest BCUT2D eigenvalue weighted by molar-refractivity contribution is 9.10. The van der Waals surface area contributed by atoms with Gasteiger partial charge in [-0.15, -0.1) is 0 Å². The van der Waals surface area contributed by atoms with E-state index in [9.17, 15) is 14.7 Å². The van der Waals surface area contributed by atoms with Crippen LogP contribution < -0.4 is 15.5 Å². The van der Waals surface area contributed by atoms with Crippen LogP contribution >= 0.6 is 15.9 Å². The number of hydrogen-bond acceptors (Lipinski definition) is 5. The number of amides is 2. The highest BCUT2D eigenvalue weighted by Crippen LogP contribution is 2.20. The molecule has 0 bridgehead atoms. The predicted molar refractivity (Wildman–Crippen MR) is 93.2 cm³/mol. The number of phenols is 1. The summed E-state index contributed by atoms with van der Waals surface area (Å²) < 4.78 is 5.88. The lowest BCUT2D eigenvalue weighted by Crippen LogP contribution is -2.32. The van der Waals surface area contributed by atoms with Gasteiger partial charge in [-0.3, -0.25) is 9.59 Å². The van der Waals surface area contributed by atoms with Crippen LogP contribution in [-0.2, 0) is 9.59 Å². The molecule has 2 aromatic carbocycles. The number of methoxy groups -OCH3 is 1. The number of benzene rings is 2. The van der Waals surface area contributed by atoms with Crippen LogP contribution in [0.25, 0.3) is 0 Å². The Labute approximate surface area is 146 Å². The van der Waals surface area contributed by atoms with E-state index in [0.29, 0.717) is 17.0 Å². The third-order valence-corrected chi connectivity index (χ3v) is 3.44. The summed E-state index contributed by atoms with van der Waals surface area (Å²) in [6.07, 6.45) is 1.21. The zero-order valence-electron chi connectivity index (χ0n) is 12.6. The number of aromatic hydroxyl groups is 1. The van der Waals surface area contributed by atoms with Gasteiger partial charge >= 0.3 is 11.8 Å². The van der Waals surface area contributed by atoms with Crippen molar-refractivity contribution in [3.8, 4) is 11.5 Å². The first kappa shape index (κ1) is 17.5. The maximum atomic E-state index is 11.7. The van der Waals surface area contributed by atoms with Gasteiger partial charge in [-0.25, -0.2) is 5.43 Å². The standard InChI is InChI=1S/C16H14BrN3O4/c1-24-13-6-7-14(21)10(8-13)9-18-20-16(23)15(22)19-12-4-2-11(17)3-5-12/h2-9,21H,1H3,(H,19,22)(H,20,23)/b18-9+. The minimum absolute atomic E-state index is 0.0342. The Bertz CT molecular complexity index is 775. The van der Waals surface area contributed by atoms with Crippen LogP contribution in [0.3, 0.4) is 0 Å². The van der Waals surface area contributed by atoms with Gasteiger partial charge in [-0.1, -0.05) is 15.9 Å². The number of ether oxygens (including phenoxy) is 1. The molecule has 0 aliphatic heterocycles. The fraction of sp³-hybridized carbons (Fsp3) is 0.0625. The molecule has 0 aliphatic carbocycles. The maximum Gasteiger partial charge on any atom is 0.329 e. The van der Waals surface area contributed by atoms with Crippen LogP contribution in [0.2, 0.25) is 0 Å². The number of carbonyl (C=O) groups excluding carboxylic acids is 2. The highest BCUT2D eigenvalue weighted by Gasteiger charge is 2.12. The Hall–Kier alpha value is -2.87. The third-order valence-electron chi connectivity index (χ3n) is 2.91. The summed E-state index contributed by atoms with van der Waals surface area (Å²) in [5, 5.41) is 15.8. The third kappa shape index (κ3) is 4.82. The minimum Gasteiger partial charge on any atom is -0.507 e. The molecule has 24 heavy (non-hydrogen) atoms. The molecule has 0 heterocycles. The molecular weight excluding hydrogens is 378 g/mol. The van der Waals surface area contributed by atoms with Crippen LogP contribution in [0, 0.1) is 0 Å². The molecule has 2 amide bonds. The van der Waals surface area contributed by atoms with E-state index in [1.54, 1.807) is 30.3 Å². The quantitative estimate of drug-likeness (QED) is 0.422. The summed E-state index contributed by atoms with van der Waals surface area (Å²) in [5.41, 5.74) is 2.90. The van der Waals surface area contributed by atoms with Gasteiger partial charge in [0, 0.05) is 15.7 Å². The van der Waals surface area contributed by atoms with E-state index in [1.165, 1.54) is 25.5 Å². The van der Waals surface area contributed by atoms with Crippen molar-refractivity contribution < 1.29 is 19.4 Å². The molecule has 2 aromatic rings. The summed E-state index contributed by atoms with van der Waals surface area (Å²) in [6.45, 7) is 0. The first-order valence-electron chi connectivity index (χ1n) is 6.76. The molecule has 0 unspecified atom stereocenters. The van der Waals surface area contributed by atoms with E-state index in [-0.39, 0.29) is 5.75 Å². The lowest BCUT2D eigenvalue weighted by molar-refractivity contribution is -0.136. The molecule has 0 aliphatic rings. The fourth-order valence-corrected chi connectivity index (χ4v) is 1.96. The lowest BCUT2D eigenvalue weighted by atomic mass is 10.2.